The Labute approximate surface area is 165 Å². The molecule has 5 heteroatoms. The van der Waals surface area contributed by atoms with E-state index in [9.17, 15) is 0 Å². The maximum Gasteiger partial charge on any atom is 0.120 e. The summed E-state index contributed by atoms with van der Waals surface area (Å²) in [7, 11) is 1.65. The van der Waals surface area contributed by atoms with Crippen LogP contribution in [0.15, 0.2) is 36.4 Å². The van der Waals surface area contributed by atoms with E-state index < -0.39 is 0 Å². The molecule has 2 aromatic heterocycles. The van der Waals surface area contributed by atoms with Gasteiger partial charge in [-0.2, -0.15) is 5.10 Å². The Balaban J connectivity index is 1.86. The molecule has 0 bridgehead atoms. The van der Waals surface area contributed by atoms with Crippen molar-refractivity contribution in [3.63, 3.8) is 0 Å². The molecule has 0 amide bonds. The smallest absolute Gasteiger partial charge is 0.120 e. The standard InChI is InChI=1S/C22H26ClN3O/c1-4-19-22(25(5-2)14-15-9-10-15)21-8-6-7-20(26(21)24-19)17-12-11-16(27-3)13-18(17)23/h6-8,11-13,15H,4-5,9-10,14H2,1-3H3. The predicted molar refractivity (Wildman–Crippen MR) is 112 cm³/mol. The van der Waals surface area contributed by atoms with E-state index in [-0.39, 0.29) is 0 Å². The molecule has 2 heterocycles. The molecule has 4 rings (SSSR count). The molecule has 1 aliphatic carbocycles. The highest BCUT2D eigenvalue weighted by Crippen LogP contribution is 2.37. The summed E-state index contributed by atoms with van der Waals surface area (Å²) in [5.74, 6) is 1.59. The van der Waals surface area contributed by atoms with Crippen molar-refractivity contribution in [3.8, 4) is 17.0 Å². The Morgan fingerprint density at radius 3 is 2.67 bits per heavy atom. The first kappa shape index (κ1) is 18.2. The summed E-state index contributed by atoms with van der Waals surface area (Å²) >= 11 is 6.56. The van der Waals surface area contributed by atoms with Crippen LogP contribution >= 0.6 is 11.6 Å². The zero-order chi connectivity index (χ0) is 19.0. The van der Waals surface area contributed by atoms with E-state index in [1.807, 2.05) is 18.2 Å². The number of benzene rings is 1. The molecule has 142 valence electrons. The highest BCUT2D eigenvalue weighted by molar-refractivity contribution is 6.33. The number of hydrogen-bond donors (Lipinski definition) is 0. The van der Waals surface area contributed by atoms with Gasteiger partial charge in [-0.15, -0.1) is 0 Å². The molecule has 0 unspecified atom stereocenters. The second-order valence-corrected chi connectivity index (χ2v) is 7.59. The number of pyridine rings is 1. The van der Waals surface area contributed by atoms with Crippen molar-refractivity contribution in [2.75, 3.05) is 25.1 Å². The van der Waals surface area contributed by atoms with Crippen LogP contribution < -0.4 is 9.64 Å². The Bertz CT molecular complexity index is 962. The number of aryl methyl sites for hydroxylation is 1. The lowest BCUT2D eigenvalue weighted by atomic mass is 10.1. The summed E-state index contributed by atoms with van der Waals surface area (Å²) in [6.07, 6.45) is 3.61. The van der Waals surface area contributed by atoms with Crippen molar-refractivity contribution in [2.24, 2.45) is 5.92 Å². The largest absolute Gasteiger partial charge is 0.497 e. The van der Waals surface area contributed by atoms with Gasteiger partial charge in [-0.05, 0) is 62.4 Å². The summed E-state index contributed by atoms with van der Waals surface area (Å²) in [6.45, 7) is 6.53. The van der Waals surface area contributed by atoms with E-state index in [0.717, 1.165) is 53.6 Å². The zero-order valence-corrected chi connectivity index (χ0v) is 17.0. The molecule has 0 atom stereocenters. The second kappa shape index (κ2) is 7.43. The monoisotopic (exact) mass is 383 g/mol. The maximum absolute atomic E-state index is 6.56. The van der Waals surface area contributed by atoms with Gasteiger partial charge in [0.15, 0.2) is 0 Å². The Morgan fingerprint density at radius 1 is 1.22 bits per heavy atom. The first-order valence-corrected chi connectivity index (χ1v) is 10.1. The van der Waals surface area contributed by atoms with Crippen molar-refractivity contribution in [1.82, 2.24) is 9.61 Å². The molecule has 27 heavy (non-hydrogen) atoms. The normalized spacial score (nSPS) is 13.9. The SMILES string of the molecule is CCc1nn2c(-c3ccc(OC)cc3Cl)cccc2c1N(CC)CC1CC1. The molecular formula is C22H26ClN3O. The van der Waals surface area contributed by atoms with Crippen LogP contribution in [-0.2, 0) is 6.42 Å². The van der Waals surface area contributed by atoms with Crippen LogP contribution in [0.5, 0.6) is 5.75 Å². The third-order valence-corrected chi connectivity index (χ3v) is 5.67. The van der Waals surface area contributed by atoms with E-state index in [1.54, 1.807) is 7.11 Å². The summed E-state index contributed by atoms with van der Waals surface area (Å²) in [4.78, 5) is 2.50. The average molecular weight is 384 g/mol. The lowest BCUT2D eigenvalue weighted by Gasteiger charge is -2.23. The molecule has 0 radical (unpaired) electrons. The van der Waals surface area contributed by atoms with Gasteiger partial charge in [-0.25, -0.2) is 4.52 Å². The number of nitrogens with zero attached hydrogens (tertiary/aromatic N) is 3. The van der Waals surface area contributed by atoms with Crippen molar-refractivity contribution in [3.05, 3.63) is 47.1 Å². The molecular weight excluding hydrogens is 358 g/mol. The van der Waals surface area contributed by atoms with Crippen molar-refractivity contribution < 1.29 is 4.74 Å². The van der Waals surface area contributed by atoms with E-state index in [0.29, 0.717) is 5.02 Å². The number of aromatic nitrogens is 2. The molecule has 1 fully saturated rings. The van der Waals surface area contributed by atoms with Crippen molar-refractivity contribution >= 4 is 22.8 Å². The van der Waals surface area contributed by atoms with Crippen LogP contribution in [0.25, 0.3) is 16.8 Å². The maximum atomic E-state index is 6.56. The van der Waals surface area contributed by atoms with E-state index in [4.69, 9.17) is 21.4 Å². The summed E-state index contributed by atoms with van der Waals surface area (Å²) in [5.41, 5.74) is 5.54. The molecule has 0 aliphatic heterocycles. The molecule has 3 aromatic rings. The molecule has 4 nitrogen and oxygen atoms in total. The van der Waals surface area contributed by atoms with Crippen LogP contribution in [0, 0.1) is 5.92 Å². The topological polar surface area (TPSA) is 29.8 Å². The lowest BCUT2D eigenvalue weighted by molar-refractivity contribution is 0.415. The van der Waals surface area contributed by atoms with Gasteiger partial charge in [0.2, 0.25) is 0 Å². The van der Waals surface area contributed by atoms with Gasteiger partial charge in [-0.3, -0.25) is 0 Å². The molecule has 1 saturated carbocycles. The first-order valence-electron chi connectivity index (χ1n) is 9.75. The van der Waals surface area contributed by atoms with Gasteiger partial charge in [0.25, 0.3) is 0 Å². The fourth-order valence-electron chi connectivity index (χ4n) is 3.71. The number of anilines is 1. The fraction of sp³-hybridized carbons (Fsp3) is 0.409. The number of halogens is 1. The third-order valence-electron chi connectivity index (χ3n) is 5.36. The quantitative estimate of drug-likeness (QED) is 0.542. The number of hydrogen-bond acceptors (Lipinski definition) is 3. The van der Waals surface area contributed by atoms with Crippen molar-refractivity contribution in [2.45, 2.75) is 33.1 Å². The number of fused-ring (bicyclic) bond motifs is 1. The second-order valence-electron chi connectivity index (χ2n) is 7.18. The molecule has 1 aromatic carbocycles. The predicted octanol–water partition coefficient (Wildman–Crippen LogP) is 5.46. The minimum Gasteiger partial charge on any atom is -0.497 e. The Kier molecular flexibility index (Phi) is 5.00. The first-order chi connectivity index (χ1) is 13.2. The van der Waals surface area contributed by atoms with Gasteiger partial charge in [0, 0.05) is 18.7 Å². The minimum atomic E-state index is 0.669. The Hall–Kier alpha value is -2.20. The average Bonchev–Trinajstić information content (AvgIpc) is 3.43. The lowest BCUT2D eigenvalue weighted by Crippen LogP contribution is -2.26. The van der Waals surface area contributed by atoms with Crippen LogP contribution in [0.4, 0.5) is 5.69 Å². The van der Waals surface area contributed by atoms with Gasteiger partial charge < -0.3 is 9.64 Å². The molecule has 0 saturated heterocycles. The van der Waals surface area contributed by atoms with Crippen LogP contribution in [-0.4, -0.2) is 29.8 Å². The van der Waals surface area contributed by atoms with Crippen LogP contribution in [0.1, 0.15) is 32.4 Å². The summed E-state index contributed by atoms with van der Waals surface area (Å²) < 4.78 is 7.34. The highest BCUT2D eigenvalue weighted by Gasteiger charge is 2.27. The van der Waals surface area contributed by atoms with Gasteiger partial charge in [0.1, 0.15) is 5.75 Å². The number of methoxy groups -OCH3 is 1. The Morgan fingerprint density at radius 2 is 2.04 bits per heavy atom. The summed E-state index contributed by atoms with van der Waals surface area (Å²) in [5, 5.41) is 5.64. The number of ether oxygens (including phenoxy) is 1. The zero-order valence-electron chi connectivity index (χ0n) is 16.2. The van der Waals surface area contributed by atoms with E-state index in [2.05, 4.69) is 41.5 Å². The molecule has 1 aliphatic rings. The van der Waals surface area contributed by atoms with Gasteiger partial charge in [-0.1, -0.05) is 24.6 Å². The van der Waals surface area contributed by atoms with Crippen LogP contribution in [0.2, 0.25) is 5.02 Å². The van der Waals surface area contributed by atoms with Crippen molar-refractivity contribution in [1.29, 1.82) is 0 Å². The minimum absolute atomic E-state index is 0.669. The van der Waals surface area contributed by atoms with Gasteiger partial charge in [0.05, 0.1) is 34.7 Å². The highest BCUT2D eigenvalue weighted by atomic mass is 35.5. The van der Waals surface area contributed by atoms with Gasteiger partial charge >= 0.3 is 0 Å². The fourth-order valence-corrected chi connectivity index (χ4v) is 3.98. The molecule has 0 spiro atoms. The third kappa shape index (κ3) is 3.39. The molecule has 0 N–H and O–H groups in total. The number of rotatable bonds is 7. The van der Waals surface area contributed by atoms with E-state index >= 15 is 0 Å². The van der Waals surface area contributed by atoms with E-state index in [1.165, 1.54) is 18.5 Å². The van der Waals surface area contributed by atoms with Crippen LogP contribution in [0.3, 0.4) is 0 Å². The summed E-state index contributed by atoms with van der Waals surface area (Å²) in [6, 6.07) is 12.1.